The number of hydrogen-bond acceptors (Lipinski definition) is 3. The van der Waals surface area contributed by atoms with Gasteiger partial charge in [-0.3, -0.25) is 4.79 Å². The van der Waals surface area contributed by atoms with E-state index in [1.165, 1.54) is 14.2 Å². The summed E-state index contributed by atoms with van der Waals surface area (Å²) in [7, 11) is 2.92. The first-order chi connectivity index (χ1) is 8.43. The third-order valence-corrected chi connectivity index (χ3v) is 2.78. The number of rotatable bonds is 4. The number of carbonyl (C=O) groups excluding carboxylic acids is 1. The third kappa shape index (κ3) is 3.92. The standard InChI is InChI=1S/C11H13BrN2O4/c1-14(6-10(15)16)11(17)13-7-3-4-8(12)9(5-7)18-2/h3-5H,6H2,1-2H3,(H,13,17)(H,15,16). The molecule has 18 heavy (non-hydrogen) atoms. The smallest absolute Gasteiger partial charge is 0.323 e. The third-order valence-electron chi connectivity index (χ3n) is 2.12. The number of carbonyl (C=O) groups is 2. The second-order valence-corrected chi connectivity index (χ2v) is 4.38. The molecular formula is C11H13BrN2O4. The Hall–Kier alpha value is -1.76. The Morgan fingerprint density at radius 2 is 2.17 bits per heavy atom. The molecule has 2 amide bonds. The minimum absolute atomic E-state index is 0.362. The zero-order valence-electron chi connectivity index (χ0n) is 9.94. The van der Waals surface area contributed by atoms with Crippen molar-refractivity contribution in [3.05, 3.63) is 22.7 Å². The summed E-state index contributed by atoms with van der Waals surface area (Å²) in [4.78, 5) is 23.2. The SMILES string of the molecule is COc1cc(NC(=O)N(C)CC(=O)O)ccc1Br. The summed E-state index contributed by atoms with van der Waals surface area (Å²) < 4.78 is 5.85. The van der Waals surface area contributed by atoms with E-state index in [0.29, 0.717) is 11.4 Å². The van der Waals surface area contributed by atoms with Gasteiger partial charge in [0.1, 0.15) is 12.3 Å². The van der Waals surface area contributed by atoms with Crippen molar-refractivity contribution >= 4 is 33.6 Å². The Kier molecular flexibility index (Phi) is 4.96. The molecule has 0 spiro atoms. The first kappa shape index (κ1) is 14.3. The Bertz CT molecular complexity index is 464. The minimum Gasteiger partial charge on any atom is -0.495 e. The van der Waals surface area contributed by atoms with E-state index in [2.05, 4.69) is 21.2 Å². The summed E-state index contributed by atoms with van der Waals surface area (Å²) in [5.74, 6) is -0.491. The van der Waals surface area contributed by atoms with Gasteiger partial charge in [0.05, 0.1) is 11.6 Å². The van der Waals surface area contributed by atoms with Crippen LogP contribution in [0.2, 0.25) is 0 Å². The van der Waals surface area contributed by atoms with E-state index in [1.807, 2.05) is 0 Å². The number of carboxylic acids is 1. The maximum Gasteiger partial charge on any atom is 0.323 e. The molecule has 7 heteroatoms. The van der Waals surface area contributed by atoms with Gasteiger partial charge in [0.2, 0.25) is 0 Å². The van der Waals surface area contributed by atoms with Crippen molar-refractivity contribution in [1.29, 1.82) is 0 Å². The zero-order chi connectivity index (χ0) is 13.7. The van der Waals surface area contributed by atoms with Crippen LogP contribution in [-0.4, -0.2) is 42.7 Å². The average molecular weight is 317 g/mol. The molecule has 0 fully saturated rings. The Morgan fingerprint density at radius 3 is 2.72 bits per heavy atom. The molecule has 1 rings (SSSR count). The van der Waals surface area contributed by atoms with Crippen LogP contribution in [0.1, 0.15) is 0 Å². The summed E-state index contributed by atoms with van der Waals surface area (Å²) in [6.07, 6.45) is 0. The van der Waals surface area contributed by atoms with E-state index in [-0.39, 0.29) is 6.54 Å². The predicted molar refractivity (Wildman–Crippen MR) is 70.0 cm³/mol. The molecule has 2 N–H and O–H groups in total. The van der Waals surface area contributed by atoms with Crippen LogP contribution in [0.25, 0.3) is 0 Å². The minimum atomic E-state index is -1.07. The number of nitrogens with zero attached hydrogens (tertiary/aromatic N) is 1. The molecule has 0 aromatic heterocycles. The van der Waals surface area contributed by atoms with Gasteiger partial charge in [-0.1, -0.05) is 0 Å². The van der Waals surface area contributed by atoms with Crippen molar-refractivity contribution in [2.45, 2.75) is 0 Å². The molecular weight excluding hydrogens is 304 g/mol. The van der Waals surface area contributed by atoms with Crippen LogP contribution in [0.4, 0.5) is 10.5 Å². The van der Waals surface area contributed by atoms with E-state index in [1.54, 1.807) is 18.2 Å². The van der Waals surface area contributed by atoms with E-state index < -0.39 is 12.0 Å². The number of ether oxygens (including phenoxy) is 1. The van der Waals surface area contributed by atoms with Crippen molar-refractivity contribution in [2.75, 3.05) is 26.0 Å². The van der Waals surface area contributed by atoms with Crippen molar-refractivity contribution in [3.8, 4) is 5.75 Å². The molecule has 0 bridgehead atoms. The fourth-order valence-corrected chi connectivity index (χ4v) is 1.64. The highest BCUT2D eigenvalue weighted by atomic mass is 79.9. The van der Waals surface area contributed by atoms with Crippen LogP contribution in [-0.2, 0) is 4.79 Å². The number of methoxy groups -OCH3 is 1. The lowest BCUT2D eigenvalue weighted by Crippen LogP contribution is -2.35. The number of likely N-dealkylation sites (N-methyl/N-ethyl adjacent to an activating group) is 1. The number of anilines is 1. The quantitative estimate of drug-likeness (QED) is 0.890. The van der Waals surface area contributed by atoms with Crippen LogP contribution in [0.15, 0.2) is 22.7 Å². The van der Waals surface area contributed by atoms with Crippen LogP contribution in [0.3, 0.4) is 0 Å². The van der Waals surface area contributed by atoms with Gasteiger partial charge in [0.25, 0.3) is 0 Å². The molecule has 0 saturated carbocycles. The van der Waals surface area contributed by atoms with Crippen LogP contribution in [0.5, 0.6) is 5.75 Å². The lowest BCUT2D eigenvalue weighted by atomic mass is 10.3. The number of urea groups is 1. The van der Waals surface area contributed by atoms with Gasteiger partial charge in [-0.25, -0.2) is 4.79 Å². The summed E-state index contributed by atoms with van der Waals surface area (Å²) in [6, 6.07) is 4.54. The summed E-state index contributed by atoms with van der Waals surface area (Å²) in [5, 5.41) is 11.1. The molecule has 98 valence electrons. The van der Waals surface area contributed by atoms with Crippen molar-refractivity contribution in [3.63, 3.8) is 0 Å². The molecule has 0 aliphatic rings. The molecule has 0 radical (unpaired) electrons. The lowest BCUT2D eigenvalue weighted by Gasteiger charge is -2.16. The van der Waals surface area contributed by atoms with Gasteiger partial charge >= 0.3 is 12.0 Å². The molecule has 0 aliphatic carbocycles. The number of hydrogen-bond donors (Lipinski definition) is 2. The van der Waals surface area contributed by atoms with E-state index in [9.17, 15) is 9.59 Å². The summed E-state index contributed by atoms with van der Waals surface area (Å²) in [6.45, 7) is -0.362. The molecule has 0 aliphatic heterocycles. The van der Waals surface area contributed by atoms with Crippen molar-refractivity contribution < 1.29 is 19.4 Å². The van der Waals surface area contributed by atoms with E-state index in [0.717, 1.165) is 9.37 Å². The van der Waals surface area contributed by atoms with Crippen LogP contribution >= 0.6 is 15.9 Å². The molecule has 0 unspecified atom stereocenters. The zero-order valence-corrected chi connectivity index (χ0v) is 11.5. The number of aliphatic carboxylic acids is 1. The van der Waals surface area contributed by atoms with Gasteiger partial charge in [-0.15, -0.1) is 0 Å². The highest BCUT2D eigenvalue weighted by Crippen LogP contribution is 2.27. The Labute approximate surface area is 113 Å². The van der Waals surface area contributed by atoms with Gasteiger partial charge in [-0.2, -0.15) is 0 Å². The number of halogens is 1. The van der Waals surface area contributed by atoms with Crippen molar-refractivity contribution in [2.24, 2.45) is 0 Å². The topological polar surface area (TPSA) is 78.9 Å². The normalized spacial score (nSPS) is 9.72. The van der Waals surface area contributed by atoms with E-state index in [4.69, 9.17) is 9.84 Å². The first-order valence-electron chi connectivity index (χ1n) is 5.01. The highest BCUT2D eigenvalue weighted by molar-refractivity contribution is 9.10. The van der Waals surface area contributed by atoms with Gasteiger partial charge in [-0.05, 0) is 28.1 Å². The molecule has 1 aromatic carbocycles. The van der Waals surface area contributed by atoms with Gasteiger partial charge in [0.15, 0.2) is 0 Å². The second-order valence-electron chi connectivity index (χ2n) is 3.53. The monoisotopic (exact) mass is 316 g/mol. The van der Waals surface area contributed by atoms with Gasteiger partial charge in [0, 0.05) is 18.8 Å². The van der Waals surface area contributed by atoms with Crippen LogP contribution in [0, 0.1) is 0 Å². The number of amides is 2. The summed E-state index contributed by atoms with van der Waals surface area (Å²) >= 11 is 3.29. The fraction of sp³-hybridized carbons (Fsp3) is 0.273. The highest BCUT2D eigenvalue weighted by Gasteiger charge is 2.12. The maximum atomic E-state index is 11.6. The second kappa shape index (κ2) is 6.25. The lowest BCUT2D eigenvalue weighted by molar-refractivity contribution is -0.137. The molecule has 0 heterocycles. The largest absolute Gasteiger partial charge is 0.495 e. The molecule has 6 nitrogen and oxygen atoms in total. The number of benzene rings is 1. The number of nitrogens with one attached hydrogen (secondary N) is 1. The maximum absolute atomic E-state index is 11.6. The molecule has 0 saturated heterocycles. The van der Waals surface area contributed by atoms with Crippen molar-refractivity contribution in [1.82, 2.24) is 4.90 Å². The Morgan fingerprint density at radius 1 is 1.50 bits per heavy atom. The van der Waals surface area contributed by atoms with E-state index >= 15 is 0 Å². The molecule has 1 aromatic rings. The predicted octanol–water partition coefficient (Wildman–Crippen LogP) is 2.01. The summed E-state index contributed by atoms with van der Waals surface area (Å²) in [5.41, 5.74) is 0.525. The molecule has 0 atom stereocenters. The first-order valence-corrected chi connectivity index (χ1v) is 5.80. The fourth-order valence-electron chi connectivity index (χ4n) is 1.23. The van der Waals surface area contributed by atoms with Crippen LogP contribution < -0.4 is 10.1 Å². The number of carboxylic acid groups (broad SMARTS) is 1. The Balaban J connectivity index is 2.72. The van der Waals surface area contributed by atoms with Gasteiger partial charge < -0.3 is 20.1 Å². The average Bonchev–Trinajstić information content (AvgIpc) is 2.30.